The molecule has 172 valence electrons. The van der Waals surface area contributed by atoms with E-state index in [1.165, 1.54) is 29.6 Å². The Labute approximate surface area is 185 Å². The molecule has 9 nitrogen and oxygen atoms in total. The Balaban J connectivity index is 1.61. The molecule has 0 unspecified atom stereocenters. The number of halogens is 3. The second-order valence-corrected chi connectivity index (χ2v) is 8.90. The summed E-state index contributed by atoms with van der Waals surface area (Å²) in [6.45, 7) is 5.90. The highest BCUT2D eigenvalue weighted by Crippen LogP contribution is 2.37. The summed E-state index contributed by atoms with van der Waals surface area (Å²) in [6, 6.07) is 2.80. The number of carbonyl (C=O) groups is 1. The summed E-state index contributed by atoms with van der Waals surface area (Å²) in [7, 11) is 0. The first-order valence-corrected chi connectivity index (χ1v) is 10.3. The number of hydrogen-bond acceptors (Lipinski definition) is 6. The first-order valence-electron chi connectivity index (χ1n) is 10.3. The van der Waals surface area contributed by atoms with Crippen LogP contribution >= 0.6 is 0 Å². The normalized spacial score (nSPS) is 16.9. The van der Waals surface area contributed by atoms with E-state index < -0.39 is 29.1 Å². The van der Waals surface area contributed by atoms with Gasteiger partial charge in [-0.2, -0.15) is 18.3 Å². The van der Waals surface area contributed by atoms with Crippen molar-refractivity contribution in [2.24, 2.45) is 0 Å². The van der Waals surface area contributed by atoms with Crippen LogP contribution in [0, 0.1) is 0 Å². The molecule has 1 amide bonds. The summed E-state index contributed by atoms with van der Waals surface area (Å²) >= 11 is 0. The van der Waals surface area contributed by atoms with Crippen LogP contribution in [0.4, 0.5) is 13.2 Å². The van der Waals surface area contributed by atoms with E-state index in [4.69, 9.17) is 4.42 Å². The Hall–Kier alpha value is -3.70. The lowest BCUT2D eigenvalue weighted by Gasteiger charge is -2.32. The Bertz CT molecular complexity index is 1350. The van der Waals surface area contributed by atoms with E-state index in [1.807, 2.05) is 20.8 Å². The second kappa shape index (κ2) is 7.15. The number of fused-ring (bicyclic) bond motifs is 2. The average Bonchev–Trinajstić information content (AvgIpc) is 3.49. The summed E-state index contributed by atoms with van der Waals surface area (Å²) in [5, 5.41) is 12.2. The van der Waals surface area contributed by atoms with Gasteiger partial charge in [0.2, 0.25) is 5.89 Å². The second-order valence-electron chi connectivity index (χ2n) is 8.90. The highest BCUT2D eigenvalue weighted by atomic mass is 19.4. The number of hydrogen-bond donors (Lipinski definition) is 1. The SMILES string of the molecule is CC(C)(C)c1nnc(C(=O)N2CCc3[nH]cnc3[C@H]2c2cc3c(C(F)(F)F)cccn3n2)o1. The summed E-state index contributed by atoms with van der Waals surface area (Å²) in [4.78, 5) is 22.2. The number of nitrogens with zero attached hydrogens (tertiary/aromatic N) is 6. The molecule has 0 radical (unpaired) electrons. The number of pyridine rings is 1. The van der Waals surface area contributed by atoms with E-state index in [1.54, 1.807) is 0 Å². The summed E-state index contributed by atoms with van der Waals surface area (Å²) < 4.78 is 47.4. The lowest BCUT2D eigenvalue weighted by molar-refractivity contribution is -0.136. The monoisotopic (exact) mass is 459 g/mol. The zero-order chi connectivity index (χ0) is 23.5. The summed E-state index contributed by atoms with van der Waals surface area (Å²) in [5.74, 6) is -0.421. The molecule has 4 aromatic heterocycles. The van der Waals surface area contributed by atoms with E-state index in [9.17, 15) is 18.0 Å². The quantitative estimate of drug-likeness (QED) is 0.492. The van der Waals surface area contributed by atoms with Crippen LogP contribution in [0.2, 0.25) is 0 Å². The lowest BCUT2D eigenvalue weighted by Crippen LogP contribution is -2.41. The molecular formula is C21H20F3N7O2. The number of imidazole rings is 1. The Kier molecular flexibility index (Phi) is 4.59. The topological polar surface area (TPSA) is 105 Å². The van der Waals surface area contributed by atoms with Gasteiger partial charge in [0.15, 0.2) is 0 Å². The standard InChI is InChI=1S/C21H20F3N7O2/c1-20(2,3)19-28-27-17(33-19)18(32)30-8-6-12-15(26-10-25-12)16(30)13-9-14-11(21(22,23)24)5-4-7-31(14)29-13/h4-5,7,9-10,16H,6,8H2,1-3H3,(H,25,26)/t16-/m1/s1. The maximum Gasteiger partial charge on any atom is 0.418 e. The number of carbonyl (C=O) groups excluding carboxylic acids is 1. The fourth-order valence-electron chi connectivity index (χ4n) is 3.94. The van der Waals surface area contributed by atoms with Gasteiger partial charge in [-0.25, -0.2) is 9.50 Å². The highest BCUT2D eigenvalue weighted by molar-refractivity contribution is 5.90. The van der Waals surface area contributed by atoms with Crippen molar-refractivity contribution in [1.82, 2.24) is 34.7 Å². The smallest absolute Gasteiger partial charge is 0.416 e. The molecule has 12 heteroatoms. The van der Waals surface area contributed by atoms with Crippen LogP contribution in [-0.4, -0.2) is 47.1 Å². The van der Waals surface area contributed by atoms with Gasteiger partial charge in [-0.05, 0) is 18.2 Å². The third-order valence-electron chi connectivity index (χ3n) is 5.54. The molecule has 0 bridgehead atoms. The fraction of sp³-hybridized carbons (Fsp3) is 0.381. The molecule has 0 aromatic carbocycles. The molecule has 5 rings (SSSR count). The molecule has 4 aromatic rings. The third-order valence-corrected chi connectivity index (χ3v) is 5.54. The van der Waals surface area contributed by atoms with Crippen molar-refractivity contribution < 1.29 is 22.4 Å². The fourth-order valence-corrected chi connectivity index (χ4v) is 3.94. The van der Waals surface area contributed by atoms with Crippen LogP contribution in [-0.2, 0) is 18.0 Å². The predicted molar refractivity (Wildman–Crippen MR) is 108 cm³/mol. The van der Waals surface area contributed by atoms with Crippen LogP contribution in [0.3, 0.4) is 0 Å². The van der Waals surface area contributed by atoms with Gasteiger partial charge in [-0.15, -0.1) is 10.2 Å². The minimum Gasteiger partial charge on any atom is -0.416 e. The number of aromatic nitrogens is 6. The molecule has 1 N–H and O–H groups in total. The number of amides is 1. The summed E-state index contributed by atoms with van der Waals surface area (Å²) in [6.07, 6.45) is -1.14. The number of alkyl halides is 3. The number of aromatic amines is 1. The van der Waals surface area contributed by atoms with Gasteiger partial charge >= 0.3 is 18.0 Å². The van der Waals surface area contributed by atoms with Crippen molar-refractivity contribution in [3.8, 4) is 0 Å². The molecule has 0 aliphatic carbocycles. The molecule has 0 fully saturated rings. The third kappa shape index (κ3) is 3.55. The predicted octanol–water partition coefficient (Wildman–Crippen LogP) is 3.54. The van der Waals surface area contributed by atoms with Gasteiger partial charge in [0.1, 0.15) is 6.04 Å². The molecule has 1 atom stereocenters. The zero-order valence-electron chi connectivity index (χ0n) is 18.0. The number of H-pyrrole nitrogens is 1. The van der Waals surface area contributed by atoms with Gasteiger partial charge < -0.3 is 14.3 Å². The first-order chi connectivity index (χ1) is 15.5. The highest BCUT2D eigenvalue weighted by Gasteiger charge is 2.40. The van der Waals surface area contributed by atoms with Crippen LogP contribution in [0.25, 0.3) is 5.52 Å². The molecule has 5 heterocycles. The van der Waals surface area contributed by atoms with Crippen molar-refractivity contribution >= 4 is 11.4 Å². The van der Waals surface area contributed by atoms with Crippen LogP contribution in [0.1, 0.15) is 66.0 Å². The van der Waals surface area contributed by atoms with Gasteiger partial charge in [0.25, 0.3) is 0 Å². The number of nitrogens with one attached hydrogen (secondary N) is 1. The van der Waals surface area contributed by atoms with Crippen molar-refractivity contribution in [3.05, 3.63) is 65.1 Å². The Morgan fingerprint density at radius 2 is 2.03 bits per heavy atom. The molecule has 1 aliphatic rings. The van der Waals surface area contributed by atoms with Crippen LogP contribution < -0.4 is 0 Å². The molecule has 0 saturated carbocycles. The maximum atomic E-state index is 13.5. The van der Waals surface area contributed by atoms with Crippen LogP contribution in [0.5, 0.6) is 0 Å². The largest absolute Gasteiger partial charge is 0.418 e. The summed E-state index contributed by atoms with van der Waals surface area (Å²) in [5.41, 5.74) is 0.191. The van der Waals surface area contributed by atoms with E-state index in [-0.39, 0.29) is 23.6 Å². The van der Waals surface area contributed by atoms with E-state index in [0.29, 0.717) is 18.0 Å². The number of rotatable bonds is 2. The minimum absolute atomic E-state index is 0.108. The Morgan fingerprint density at radius 3 is 2.73 bits per heavy atom. The minimum atomic E-state index is -4.55. The molecular weight excluding hydrogens is 439 g/mol. The molecule has 33 heavy (non-hydrogen) atoms. The first kappa shape index (κ1) is 21.2. The van der Waals surface area contributed by atoms with Gasteiger partial charge in [-0.1, -0.05) is 20.8 Å². The Morgan fingerprint density at radius 1 is 1.24 bits per heavy atom. The van der Waals surface area contributed by atoms with Gasteiger partial charge in [-0.3, -0.25) is 4.79 Å². The van der Waals surface area contributed by atoms with Crippen molar-refractivity contribution in [1.29, 1.82) is 0 Å². The van der Waals surface area contributed by atoms with E-state index in [0.717, 1.165) is 16.3 Å². The van der Waals surface area contributed by atoms with Crippen LogP contribution in [0.15, 0.2) is 35.1 Å². The van der Waals surface area contributed by atoms with Gasteiger partial charge in [0, 0.05) is 30.3 Å². The van der Waals surface area contributed by atoms with Gasteiger partial charge in [0.05, 0.1) is 28.8 Å². The zero-order valence-corrected chi connectivity index (χ0v) is 18.0. The molecule has 0 spiro atoms. The van der Waals surface area contributed by atoms with Crippen molar-refractivity contribution in [2.75, 3.05) is 6.54 Å². The molecule has 1 aliphatic heterocycles. The molecule has 0 saturated heterocycles. The van der Waals surface area contributed by atoms with Crippen molar-refractivity contribution in [3.63, 3.8) is 0 Å². The lowest BCUT2D eigenvalue weighted by atomic mass is 9.97. The average molecular weight is 459 g/mol. The van der Waals surface area contributed by atoms with E-state index >= 15 is 0 Å². The van der Waals surface area contributed by atoms with Crippen molar-refractivity contribution in [2.45, 2.75) is 44.8 Å². The maximum absolute atomic E-state index is 13.5. The van der Waals surface area contributed by atoms with E-state index in [2.05, 4.69) is 25.3 Å².